The van der Waals surface area contributed by atoms with Crippen molar-refractivity contribution in [2.75, 3.05) is 23.3 Å². The van der Waals surface area contributed by atoms with Crippen LogP contribution >= 0.6 is 0 Å². The van der Waals surface area contributed by atoms with Crippen molar-refractivity contribution in [3.63, 3.8) is 0 Å². The van der Waals surface area contributed by atoms with E-state index >= 15 is 0 Å². The molecule has 0 aromatic heterocycles. The van der Waals surface area contributed by atoms with Gasteiger partial charge in [0.1, 0.15) is 5.69 Å². The molecule has 23 heavy (non-hydrogen) atoms. The van der Waals surface area contributed by atoms with E-state index in [0.29, 0.717) is 37.2 Å². The Labute approximate surface area is 132 Å². The van der Waals surface area contributed by atoms with Crippen LogP contribution in [-0.4, -0.2) is 35.0 Å². The Kier molecular flexibility index (Phi) is 3.46. The average molecular weight is 319 g/mol. The zero-order chi connectivity index (χ0) is 16.8. The molecule has 0 aliphatic carbocycles. The fourth-order valence-corrected chi connectivity index (χ4v) is 3.14. The lowest BCUT2D eigenvalue weighted by Gasteiger charge is -2.24. The number of fused-ring (bicyclic) bond motifs is 1. The van der Waals surface area contributed by atoms with Crippen LogP contribution in [0.4, 0.5) is 17.1 Å². The van der Waals surface area contributed by atoms with Gasteiger partial charge in [0.05, 0.1) is 10.3 Å². The van der Waals surface area contributed by atoms with E-state index in [0.717, 1.165) is 5.56 Å². The number of nitrogens with one attached hydrogen (secondary N) is 1. The number of carbonyl (C=O) groups is 2. The molecule has 122 valence electrons. The van der Waals surface area contributed by atoms with Gasteiger partial charge in [-0.1, -0.05) is 0 Å². The second-order valence-electron chi connectivity index (χ2n) is 6.34. The minimum absolute atomic E-state index is 0.0467. The smallest absolute Gasteiger partial charge is 0.311 e. The van der Waals surface area contributed by atoms with Gasteiger partial charge in [0.2, 0.25) is 5.91 Å². The topological polar surface area (TPSA) is 113 Å². The largest absolute Gasteiger partial charge is 0.481 e. The van der Waals surface area contributed by atoms with Crippen LogP contribution in [0.15, 0.2) is 12.1 Å². The van der Waals surface area contributed by atoms with Crippen molar-refractivity contribution >= 4 is 28.9 Å². The Morgan fingerprint density at radius 1 is 1.43 bits per heavy atom. The van der Waals surface area contributed by atoms with Crippen LogP contribution in [0.25, 0.3) is 0 Å². The van der Waals surface area contributed by atoms with Crippen LogP contribution in [0, 0.1) is 15.5 Å². The molecule has 1 amide bonds. The maximum atomic E-state index is 11.5. The van der Waals surface area contributed by atoms with Gasteiger partial charge in [0.25, 0.3) is 5.69 Å². The minimum Gasteiger partial charge on any atom is -0.481 e. The summed E-state index contributed by atoms with van der Waals surface area (Å²) in [7, 11) is 0. The van der Waals surface area contributed by atoms with Gasteiger partial charge in [-0.2, -0.15) is 0 Å². The maximum Gasteiger partial charge on any atom is 0.311 e. The van der Waals surface area contributed by atoms with E-state index in [1.54, 1.807) is 17.9 Å². The number of rotatable bonds is 3. The van der Waals surface area contributed by atoms with E-state index < -0.39 is 16.3 Å². The summed E-state index contributed by atoms with van der Waals surface area (Å²) in [5.74, 6) is -1.02. The summed E-state index contributed by atoms with van der Waals surface area (Å²) < 4.78 is 0. The van der Waals surface area contributed by atoms with Crippen LogP contribution in [-0.2, 0) is 16.0 Å². The number of carboxylic acid groups (broad SMARTS) is 1. The Morgan fingerprint density at radius 2 is 2.17 bits per heavy atom. The number of hydrogen-bond donors (Lipinski definition) is 2. The van der Waals surface area contributed by atoms with E-state index in [-0.39, 0.29) is 18.1 Å². The molecule has 0 spiro atoms. The third-order valence-corrected chi connectivity index (χ3v) is 4.62. The number of aliphatic carboxylic acids is 1. The van der Waals surface area contributed by atoms with Gasteiger partial charge in [-0.05, 0) is 31.4 Å². The molecule has 8 nitrogen and oxygen atoms in total. The molecule has 1 aromatic carbocycles. The summed E-state index contributed by atoms with van der Waals surface area (Å²) in [5, 5.41) is 23.5. The standard InChI is InChI=1S/C15H17N3O5/c1-15(14(20)21)4-5-17(8-15)11-7-10-9(2-3-13(19)16-10)6-12(11)18(22)23/h6-7H,2-5,8H2,1H3,(H,16,19)(H,20,21). The Hall–Kier alpha value is -2.64. The summed E-state index contributed by atoms with van der Waals surface area (Å²) in [6.45, 7) is 2.27. The molecule has 1 atom stereocenters. The monoisotopic (exact) mass is 319 g/mol. The molecule has 1 unspecified atom stereocenters. The second-order valence-corrected chi connectivity index (χ2v) is 6.34. The Balaban J connectivity index is 2.01. The highest BCUT2D eigenvalue weighted by molar-refractivity contribution is 5.95. The molecule has 1 aromatic rings. The number of anilines is 2. The van der Waals surface area contributed by atoms with Crippen molar-refractivity contribution in [1.82, 2.24) is 0 Å². The van der Waals surface area contributed by atoms with Gasteiger partial charge in [0, 0.05) is 31.3 Å². The maximum absolute atomic E-state index is 11.5. The van der Waals surface area contributed by atoms with Crippen LogP contribution in [0.2, 0.25) is 0 Å². The van der Waals surface area contributed by atoms with E-state index in [9.17, 15) is 24.8 Å². The van der Waals surface area contributed by atoms with Gasteiger partial charge < -0.3 is 15.3 Å². The first-order chi connectivity index (χ1) is 10.8. The van der Waals surface area contributed by atoms with Gasteiger partial charge in [-0.3, -0.25) is 19.7 Å². The average Bonchev–Trinajstić information content (AvgIpc) is 2.89. The molecule has 1 fully saturated rings. The summed E-state index contributed by atoms with van der Waals surface area (Å²) in [6, 6.07) is 3.08. The molecule has 2 aliphatic rings. The number of carbonyl (C=O) groups excluding carboxylic acids is 1. The van der Waals surface area contributed by atoms with Crippen LogP contribution in [0.1, 0.15) is 25.3 Å². The van der Waals surface area contributed by atoms with Crippen LogP contribution in [0.5, 0.6) is 0 Å². The number of hydrogen-bond acceptors (Lipinski definition) is 5. The van der Waals surface area contributed by atoms with E-state index in [4.69, 9.17) is 0 Å². The van der Waals surface area contributed by atoms with Crippen molar-refractivity contribution in [2.45, 2.75) is 26.2 Å². The predicted octanol–water partition coefficient (Wildman–Crippen LogP) is 1.78. The number of nitrogens with zero attached hydrogens (tertiary/aromatic N) is 2. The second kappa shape index (κ2) is 5.22. The van der Waals surface area contributed by atoms with Crippen molar-refractivity contribution in [3.05, 3.63) is 27.8 Å². The minimum atomic E-state index is -0.924. The summed E-state index contributed by atoms with van der Waals surface area (Å²) in [5.41, 5.74) is 0.703. The molecule has 3 rings (SSSR count). The fourth-order valence-electron chi connectivity index (χ4n) is 3.14. The highest BCUT2D eigenvalue weighted by Gasteiger charge is 2.42. The number of nitro groups is 1. The zero-order valence-electron chi connectivity index (χ0n) is 12.7. The normalized spacial score (nSPS) is 23.3. The van der Waals surface area contributed by atoms with Crippen molar-refractivity contribution in [3.8, 4) is 0 Å². The molecule has 0 saturated carbocycles. The number of aryl methyl sites for hydroxylation is 1. The van der Waals surface area contributed by atoms with Gasteiger partial charge in [-0.25, -0.2) is 0 Å². The zero-order valence-corrected chi connectivity index (χ0v) is 12.7. The van der Waals surface area contributed by atoms with E-state index in [2.05, 4.69) is 5.32 Å². The fraction of sp³-hybridized carbons (Fsp3) is 0.467. The van der Waals surface area contributed by atoms with Gasteiger partial charge in [0.15, 0.2) is 0 Å². The van der Waals surface area contributed by atoms with Crippen molar-refractivity contribution in [1.29, 1.82) is 0 Å². The number of carboxylic acids is 1. The third-order valence-electron chi connectivity index (χ3n) is 4.62. The lowest BCUT2D eigenvalue weighted by Crippen LogP contribution is -2.32. The summed E-state index contributed by atoms with van der Waals surface area (Å²) in [4.78, 5) is 35.6. The number of benzene rings is 1. The molecule has 0 bridgehead atoms. The molecular formula is C15H17N3O5. The first-order valence-electron chi connectivity index (χ1n) is 7.40. The number of amides is 1. The van der Waals surface area contributed by atoms with E-state index in [1.165, 1.54) is 6.07 Å². The Morgan fingerprint density at radius 3 is 2.78 bits per heavy atom. The Bertz CT molecular complexity index is 717. The van der Waals surface area contributed by atoms with Crippen LogP contribution in [0.3, 0.4) is 0 Å². The molecule has 2 heterocycles. The lowest BCUT2D eigenvalue weighted by atomic mass is 9.90. The molecule has 8 heteroatoms. The first kappa shape index (κ1) is 15.3. The first-order valence-corrected chi connectivity index (χ1v) is 7.40. The van der Waals surface area contributed by atoms with E-state index in [1.807, 2.05) is 0 Å². The third kappa shape index (κ3) is 2.60. The highest BCUT2D eigenvalue weighted by atomic mass is 16.6. The lowest BCUT2D eigenvalue weighted by molar-refractivity contribution is -0.384. The molecule has 2 N–H and O–H groups in total. The molecule has 1 saturated heterocycles. The predicted molar refractivity (Wildman–Crippen MR) is 82.6 cm³/mol. The SMILES string of the molecule is CC1(C(=O)O)CCN(c2cc3c(cc2[N+](=O)[O-])CCC(=O)N3)C1. The molecule has 2 aliphatic heterocycles. The van der Waals surface area contributed by atoms with Crippen LogP contribution < -0.4 is 10.2 Å². The number of nitro benzene ring substituents is 1. The summed E-state index contributed by atoms with van der Waals surface area (Å²) >= 11 is 0. The van der Waals surface area contributed by atoms with Gasteiger partial charge >= 0.3 is 5.97 Å². The van der Waals surface area contributed by atoms with Crippen molar-refractivity contribution < 1.29 is 19.6 Å². The quantitative estimate of drug-likeness (QED) is 0.648. The molecule has 0 radical (unpaired) electrons. The summed E-state index contributed by atoms with van der Waals surface area (Å²) in [6.07, 6.45) is 1.20. The van der Waals surface area contributed by atoms with Crippen molar-refractivity contribution in [2.24, 2.45) is 5.41 Å². The van der Waals surface area contributed by atoms with Gasteiger partial charge in [-0.15, -0.1) is 0 Å². The highest BCUT2D eigenvalue weighted by Crippen LogP contribution is 2.41. The molecular weight excluding hydrogens is 302 g/mol.